The quantitative estimate of drug-likeness (QED) is 0.576. The standard InChI is InChI=1S/C16H22N2OS/c1-2-9-19-15-5-3-4-14(11-15)16(18-17)7-6-13-8-10-20-12-13/h3-5,8,10-12,16,18H,2,6-7,9,17H2,1H3. The Morgan fingerprint density at radius 2 is 2.25 bits per heavy atom. The number of aryl methyl sites for hydroxylation is 1. The maximum absolute atomic E-state index is 5.71. The summed E-state index contributed by atoms with van der Waals surface area (Å²) in [5.41, 5.74) is 5.46. The van der Waals surface area contributed by atoms with Crippen LogP contribution < -0.4 is 16.0 Å². The number of hydrogen-bond acceptors (Lipinski definition) is 4. The molecule has 3 nitrogen and oxygen atoms in total. The number of hydrazine groups is 1. The van der Waals surface area contributed by atoms with Gasteiger partial charge in [-0.05, 0) is 59.3 Å². The van der Waals surface area contributed by atoms with Gasteiger partial charge in [0.25, 0.3) is 0 Å². The molecule has 0 aliphatic heterocycles. The molecule has 1 unspecified atom stereocenters. The van der Waals surface area contributed by atoms with E-state index in [1.165, 1.54) is 11.1 Å². The van der Waals surface area contributed by atoms with Crippen molar-refractivity contribution >= 4 is 11.3 Å². The second-order valence-corrected chi connectivity index (χ2v) is 5.59. The minimum atomic E-state index is 0.153. The van der Waals surface area contributed by atoms with E-state index in [1.54, 1.807) is 11.3 Å². The first-order chi connectivity index (χ1) is 9.83. The van der Waals surface area contributed by atoms with Crippen LogP contribution in [0.4, 0.5) is 0 Å². The fourth-order valence-electron chi connectivity index (χ4n) is 2.13. The molecule has 0 saturated heterocycles. The highest BCUT2D eigenvalue weighted by Crippen LogP contribution is 2.23. The third-order valence-electron chi connectivity index (χ3n) is 3.24. The number of hydrogen-bond donors (Lipinski definition) is 2. The van der Waals surface area contributed by atoms with Crippen LogP contribution in [0.5, 0.6) is 5.75 Å². The Morgan fingerprint density at radius 1 is 1.35 bits per heavy atom. The monoisotopic (exact) mass is 290 g/mol. The van der Waals surface area contributed by atoms with Crippen LogP contribution in [0, 0.1) is 0 Å². The molecule has 0 saturated carbocycles. The fourth-order valence-corrected chi connectivity index (χ4v) is 2.84. The van der Waals surface area contributed by atoms with Gasteiger partial charge in [-0.15, -0.1) is 0 Å². The minimum absolute atomic E-state index is 0.153. The van der Waals surface area contributed by atoms with Gasteiger partial charge in [0.2, 0.25) is 0 Å². The van der Waals surface area contributed by atoms with Gasteiger partial charge in [0.15, 0.2) is 0 Å². The van der Waals surface area contributed by atoms with Gasteiger partial charge in [-0.2, -0.15) is 11.3 Å². The summed E-state index contributed by atoms with van der Waals surface area (Å²) >= 11 is 1.73. The van der Waals surface area contributed by atoms with Crippen molar-refractivity contribution < 1.29 is 4.74 Å². The van der Waals surface area contributed by atoms with E-state index in [0.717, 1.165) is 31.6 Å². The van der Waals surface area contributed by atoms with E-state index in [0.29, 0.717) is 0 Å². The van der Waals surface area contributed by atoms with E-state index in [9.17, 15) is 0 Å². The molecule has 3 N–H and O–H groups in total. The molecular formula is C16H22N2OS. The Balaban J connectivity index is 1.99. The molecule has 0 aliphatic carbocycles. The van der Waals surface area contributed by atoms with Gasteiger partial charge in [0.1, 0.15) is 5.75 Å². The highest BCUT2D eigenvalue weighted by atomic mass is 32.1. The fraction of sp³-hybridized carbons (Fsp3) is 0.375. The Morgan fingerprint density at radius 3 is 2.95 bits per heavy atom. The molecule has 4 heteroatoms. The SMILES string of the molecule is CCCOc1cccc(C(CCc2ccsc2)NN)c1. The van der Waals surface area contributed by atoms with Crippen molar-refractivity contribution in [1.29, 1.82) is 0 Å². The molecule has 1 aromatic carbocycles. The molecule has 1 heterocycles. The lowest BCUT2D eigenvalue weighted by molar-refractivity contribution is 0.316. The molecular weight excluding hydrogens is 268 g/mol. The third-order valence-corrected chi connectivity index (χ3v) is 3.97. The summed E-state index contributed by atoms with van der Waals surface area (Å²) in [4.78, 5) is 0. The second kappa shape index (κ2) is 8.04. The summed E-state index contributed by atoms with van der Waals surface area (Å²) in [5, 5.41) is 4.30. The van der Waals surface area contributed by atoms with Crippen molar-refractivity contribution in [1.82, 2.24) is 5.43 Å². The highest BCUT2D eigenvalue weighted by Gasteiger charge is 2.10. The van der Waals surface area contributed by atoms with Crippen LogP contribution in [-0.4, -0.2) is 6.61 Å². The zero-order valence-corrected chi connectivity index (χ0v) is 12.7. The summed E-state index contributed by atoms with van der Waals surface area (Å²) in [6.45, 7) is 2.86. The van der Waals surface area contributed by atoms with Gasteiger partial charge in [0, 0.05) is 6.04 Å². The Kier molecular flexibility index (Phi) is 6.05. The molecule has 0 aliphatic rings. The molecule has 1 aromatic heterocycles. The van der Waals surface area contributed by atoms with E-state index in [2.05, 4.69) is 41.3 Å². The molecule has 1 atom stereocenters. The average molecular weight is 290 g/mol. The summed E-state index contributed by atoms with van der Waals surface area (Å²) < 4.78 is 5.67. The molecule has 0 spiro atoms. The molecule has 0 bridgehead atoms. The average Bonchev–Trinajstić information content (AvgIpc) is 2.99. The van der Waals surface area contributed by atoms with Gasteiger partial charge in [-0.3, -0.25) is 11.3 Å². The van der Waals surface area contributed by atoms with Crippen molar-refractivity contribution in [2.45, 2.75) is 32.2 Å². The zero-order valence-electron chi connectivity index (χ0n) is 11.8. The first kappa shape index (κ1) is 15.0. The van der Waals surface area contributed by atoms with Crippen LogP contribution >= 0.6 is 11.3 Å². The predicted molar refractivity (Wildman–Crippen MR) is 84.9 cm³/mol. The maximum atomic E-state index is 5.71. The topological polar surface area (TPSA) is 47.3 Å². The van der Waals surface area contributed by atoms with Crippen LogP contribution in [0.1, 0.15) is 36.9 Å². The molecule has 20 heavy (non-hydrogen) atoms. The highest BCUT2D eigenvalue weighted by molar-refractivity contribution is 7.07. The molecule has 0 radical (unpaired) electrons. The van der Waals surface area contributed by atoms with E-state index in [4.69, 9.17) is 10.6 Å². The normalized spacial score (nSPS) is 12.3. The van der Waals surface area contributed by atoms with Crippen LogP contribution in [0.15, 0.2) is 41.1 Å². The summed E-state index contributed by atoms with van der Waals surface area (Å²) in [5.74, 6) is 6.62. The lowest BCUT2D eigenvalue weighted by Crippen LogP contribution is -2.28. The Hall–Kier alpha value is -1.36. The molecule has 0 amide bonds. The molecule has 0 fully saturated rings. The maximum Gasteiger partial charge on any atom is 0.119 e. The van der Waals surface area contributed by atoms with Gasteiger partial charge >= 0.3 is 0 Å². The van der Waals surface area contributed by atoms with Gasteiger partial charge in [-0.25, -0.2) is 0 Å². The van der Waals surface area contributed by atoms with E-state index >= 15 is 0 Å². The molecule has 2 rings (SSSR count). The number of thiophene rings is 1. The summed E-state index contributed by atoms with van der Waals surface area (Å²) in [6.07, 6.45) is 3.02. The van der Waals surface area contributed by atoms with Crippen LogP contribution in [0.3, 0.4) is 0 Å². The lowest BCUT2D eigenvalue weighted by atomic mass is 10.0. The lowest BCUT2D eigenvalue weighted by Gasteiger charge is -2.17. The van der Waals surface area contributed by atoms with E-state index in [1.807, 2.05) is 12.1 Å². The van der Waals surface area contributed by atoms with Gasteiger partial charge in [-0.1, -0.05) is 19.1 Å². The molecule has 108 valence electrons. The Bertz CT molecular complexity index is 499. The first-order valence-electron chi connectivity index (χ1n) is 7.03. The van der Waals surface area contributed by atoms with Crippen LogP contribution in [0.2, 0.25) is 0 Å². The third kappa shape index (κ3) is 4.34. The van der Waals surface area contributed by atoms with Gasteiger partial charge in [0.05, 0.1) is 6.61 Å². The van der Waals surface area contributed by atoms with E-state index < -0.39 is 0 Å². The summed E-state index contributed by atoms with van der Waals surface area (Å²) in [6, 6.07) is 10.5. The largest absolute Gasteiger partial charge is 0.494 e. The van der Waals surface area contributed by atoms with Crippen molar-refractivity contribution in [3.63, 3.8) is 0 Å². The number of nitrogens with one attached hydrogen (secondary N) is 1. The smallest absolute Gasteiger partial charge is 0.119 e. The number of ether oxygens (including phenoxy) is 1. The van der Waals surface area contributed by atoms with E-state index in [-0.39, 0.29) is 6.04 Å². The number of nitrogens with two attached hydrogens (primary N) is 1. The summed E-state index contributed by atoms with van der Waals surface area (Å²) in [7, 11) is 0. The molecule has 2 aromatic rings. The minimum Gasteiger partial charge on any atom is -0.494 e. The Labute approximate surface area is 124 Å². The first-order valence-corrected chi connectivity index (χ1v) is 7.97. The van der Waals surface area contributed by atoms with Crippen LogP contribution in [-0.2, 0) is 6.42 Å². The second-order valence-electron chi connectivity index (χ2n) is 4.81. The number of benzene rings is 1. The zero-order chi connectivity index (χ0) is 14.2. The van der Waals surface area contributed by atoms with Crippen molar-refractivity contribution in [2.24, 2.45) is 5.84 Å². The van der Waals surface area contributed by atoms with Crippen LogP contribution in [0.25, 0.3) is 0 Å². The predicted octanol–water partition coefficient (Wildman–Crippen LogP) is 3.67. The van der Waals surface area contributed by atoms with Crippen molar-refractivity contribution in [3.8, 4) is 5.75 Å². The van der Waals surface area contributed by atoms with Crippen molar-refractivity contribution in [2.75, 3.05) is 6.61 Å². The van der Waals surface area contributed by atoms with Crippen molar-refractivity contribution in [3.05, 3.63) is 52.2 Å². The van der Waals surface area contributed by atoms with Gasteiger partial charge < -0.3 is 4.74 Å². The number of rotatable bonds is 8.